The number of carbonyl (C=O) groups is 1. The highest BCUT2D eigenvalue weighted by atomic mass is 79.9. The zero-order chi connectivity index (χ0) is 15.0. The standard InChI is InChI=1S/C14H19BrO5/c1-18-12-8-10(9-13(19-2)14(16)17)4-5-11(12)20-7-3-6-15/h4-5,8,13H,3,6-7,9H2,1-2H3,(H,16,17)/t13-/m0/s1. The molecular weight excluding hydrogens is 328 g/mol. The highest BCUT2D eigenvalue weighted by Crippen LogP contribution is 2.28. The molecule has 5 nitrogen and oxygen atoms in total. The molecule has 1 aromatic carbocycles. The summed E-state index contributed by atoms with van der Waals surface area (Å²) in [5.74, 6) is 0.267. The van der Waals surface area contributed by atoms with Crippen molar-refractivity contribution in [3.63, 3.8) is 0 Å². The lowest BCUT2D eigenvalue weighted by Crippen LogP contribution is -2.24. The van der Waals surface area contributed by atoms with E-state index >= 15 is 0 Å². The van der Waals surface area contributed by atoms with Gasteiger partial charge in [0.1, 0.15) is 0 Å². The number of methoxy groups -OCH3 is 2. The van der Waals surface area contributed by atoms with Crippen LogP contribution in [0.3, 0.4) is 0 Å². The van der Waals surface area contributed by atoms with Crippen LogP contribution in [-0.4, -0.2) is 43.3 Å². The van der Waals surface area contributed by atoms with E-state index in [-0.39, 0.29) is 6.42 Å². The lowest BCUT2D eigenvalue weighted by atomic mass is 10.1. The van der Waals surface area contributed by atoms with Crippen LogP contribution in [-0.2, 0) is 16.0 Å². The third-order valence-electron chi connectivity index (χ3n) is 2.74. The number of aliphatic carboxylic acids is 1. The molecule has 1 aromatic rings. The van der Waals surface area contributed by atoms with Crippen molar-refractivity contribution in [2.45, 2.75) is 18.9 Å². The van der Waals surface area contributed by atoms with Crippen molar-refractivity contribution >= 4 is 21.9 Å². The van der Waals surface area contributed by atoms with Crippen LogP contribution in [0.1, 0.15) is 12.0 Å². The maximum absolute atomic E-state index is 10.9. The van der Waals surface area contributed by atoms with Gasteiger partial charge in [0.15, 0.2) is 17.6 Å². The van der Waals surface area contributed by atoms with Crippen molar-refractivity contribution in [2.75, 3.05) is 26.2 Å². The largest absolute Gasteiger partial charge is 0.493 e. The molecule has 6 heteroatoms. The van der Waals surface area contributed by atoms with Gasteiger partial charge in [-0.2, -0.15) is 0 Å². The zero-order valence-corrected chi connectivity index (χ0v) is 13.2. The molecular formula is C14H19BrO5. The van der Waals surface area contributed by atoms with E-state index in [1.807, 2.05) is 6.07 Å². The summed E-state index contributed by atoms with van der Waals surface area (Å²) in [7, 11) is 2.94. The highest BCUT2D eigenvalue weighted by Gasteiger charge is 2.17. The Hall–Kier alpha value is -1.27. The summed E-state index contributed by atoms with van der Waals surface area (Å²) in [6, 6.07) is 5.39. The first-order chi connectivity index (χ1) is 9.62. The number of rotatable bonds is 9. The Kier molecular flexibility index (Phi) is 7.40. The van der Waals surface area contributed by atoms with Gasteiger partial charge in [0.05, 0.1) is 13.7 Å². The Balaban J connectivity index is 2.78. The van der Waals surface area contributed by atoms with Gasteiger partial charge >= 0.3 is 5.97 Å². The van der Waals surface area contributed by atoms with Crippen molar-refractivity contribution in [3.8, 4) is 11.5 Å². The molecule has 0 heterocycles. The van der Waals surface area contributed by atoms with Gasteiger partial charge in [-0.1, -0.05) is 22.0 Å². The Morgan fingerprint density at radius 3 is 2.65 bits per heavy atom. The van der Waals surface area contributed by atoms with Gasteiger partial charge in [-0.15, -0.1) is 0 Å². The van der Waals surface area contributed by atoms with Gasteiger partial charge < -0.3 is 19.3 Å². The SMILES string of the molecule is COc1cc(C[C@H](OC)C(=O)O)ccc1OCCCBr. The van der Waals surface area contributed by atoms with Crippen molar-refractivity contribution in [1.29, 1.82) is 0 Å². The molecule has 112 valence electrons. The minimum atomic E-state index is -0.982. The minimum absolute atomic E-state index is 0.282. The van der Waals surface area contributed by atoms with Crippen LogP contribution in [0.2, 0.25) is 0 Å². The van der Waals surface area contributed by atoms with Gasteiger partial charge in [-0.25, -0.2) is 4.79 Å². The number of ether oxygens (including phenoxy) is 3. The molecule has 0 aromatic heterocycles. The van der Waals surface area contributed by atoms with Crippen molar-refractivity contribution in [1.82, 2.24) is 0 Å². The molecule has 0 amide bonds. The first-order valence-electron chi connectivity index (χ1n) is 6.23. The molecule has 0 spiro atoms. The lowest BCUT2D eigenvalue weighted by molar-refractivity contribution is -0.148. The fraction of sp³-hybridized carbons (Fsp3) is 0.500. The van der Waals surface area contributed by atoms with Crippen LogP contribution in [0.25, 0.3) is 0 Å². The summed E-state index contributed by atoms with van der Waals surface area (Å²) >= 11 is 3.34. The smallest absolute Gasteiger partial charge is 0.333 e. The van der Waals surface area contributed by atoms with Crippen LogP contribution in [0.15, 0.2) is 18.2 Å². The zero-order valence-electron chi connectivity index (χ0n) is 11.6. The molecule has 0 unspecified atom stereocenters. The van der Waals surface area contributed by atoms with Gasteiger partial charge in [0, 0.05) is 18.9 Å². The van der Waals surface area contributed by atoms with E-state index in [9.17, 15) is 4.79 Å². The van der Waals surface area contributed by atoms with Gasteiger partial charge in [0.25, 0.3) is 0 Å². The predicted octanol–water partition coefficient (Wildman–Crippen LogP) is 2.50. The molecule has 0 aliphatic carbocycles. The summed E-state index contributed by atoms with van der Waals surface area (Å²) in [5.41, 5.74) is 0.823. The third kappa shape index (κ3) is 5.02. The summed E-state index contributed by atoms with van der Waals surface area (Å²) in [4.78, 5) is 10.9. The molecule has 20 heavy (non-hydrogen) atoms. The second-order valence-corrected chi connectivity index (χ2v) is 4.94. The van der Waals surface area contributed by atoms with Crippen LogP contribution in [0.4, 0.5) is 0 Å². The number of hydrogen-bond donors (Lipinski definition) is 1. The van der Waals surface area contributed by atoms with Gasteiger partial charge in [-0.05, 0) is 24.1 Å². The maximum Gasteiger partial charge on any atom is 0.333 e. The average Bonchev–Trinajstić information content (AvgIpc) is 2.45. The molecule has 1 atom stereocenters. The lowest BCUT2D eigenvalue weighted by Gasteiger charge is -2.14. The fourth-order valence-electron chi connectivity index (χ4n) is 1.68. The number of carboxylic acid groups (broad SMARTS) is 1. The second-order valence-electron chi connectivity index (χ2n) is 4.14. The summed E-state index contributed by atoms with van der Waals surface area (Å²) in [5, 5.41) is 9.85. The molecule has 1 N–H and O–H groups in total. The van der Waals surface area contributed by atoms with Crippen LogP contribution in [0, 0.1) is 0 Å². The molecule has 0 aliphatic rings. The van der Waals surface area contributed by atoms with Crippen LogP contribution >= 0.6 is 15.9 Å². The summed E-state index contributed by atoms with van der Waals surface area (Å²) < 4.78 is 15.8. The molecule has 0 radical (unpaired) electrons. The molecule has 0 fully saturated rings. The topological polar surface area (TPSA) is 65.0 Å². The van der Waals surface area contributed by atoms with E-state index in [1.54, 1.807) is 19.2 Å². The number of benzene rings is 1. The number of carboxylic acids is 1. The van der Waals surface area contributed by atoms with Gasteiger partial charge in [0.2, 0.25) is 0 Å². The molecule has 1 rings (SSSR count). The highest BCUT2D eigenvalue weighted by molar-refractivity contribution is 9.09. The predicted molar refractivity (Wildman–Crippen MR) is 79.0 cm³/mol. The Labute approximate surface area is 127 Å². The minimum Gasteiger partial charge on any atom is -0.493 e. The number of hydrogen-bond acceptors (Lipinski definition) is 4. The first-order valence-corrected chi connectivity index (χ1v) is 7.35. The van der Waals surface area contributed by atoms with E-state index in [0.29, 0.717) is 18.1 Å². The quantitative estimate of drug-likeness (QED) is 0.549. The van der Waals surface area contributed by atoms with E-state index < -0.39 is 12.1 Å². The molecule has 0 saturated carbocycles. The second kappa shape index (κ2) is 8.81. The molecule has 0 aliphatic heterocycles. The first kappa shape index (κ1) is 16.8. The molecule has 0 bridgehead atoms. The number of alkyl halides is 1. The normalized spacial score (nSPS) is 11.9. The van der Waals surface area contributed by atoms with Gasteiger partial charge in [-0.3, -0.25) is 0 Å². The Bertz CT molecular complexity index is 436. The van der Waals surface area contributed by atoms with E-state index in [4.69, 9.17) is 19.3 Å². The van der Waals surface area contributed by atoms with E-state index in [2.05, 4.69) is 15.9 Å². The van der Waals surface area contributed by atoms with E-state index in [1.165, 1.54) is 7.11 Å². The number of halogens is 1. The monoisotopic (exact) mass is 346 g/mol. The van der Waals surface area contributed by atoms with Crippen molar-refractivity contribution < 1.29 is 24.1 Å². The fourth-order valence-corrected chi connectivity index (χ4v) is 1.91. The van der Waals surface area contributed by atoms with Crippen molar-refractivity contribution in [2.24, 2.45) is 0 Å². The van der Waals surface area contributed by atoms with Crippen LogP contribution < -0.4 is 9.47 Å². The maximum atomic E-state index is 10.9. The third-order valence-corrected chi connectivity index (χ3v) is 3.31. The Morgan fingerprint density at radius 1 is 1.35 bits per heavy atom. The van der Waals surface area contributed by atoms with E-state index in [0.717, 1.165) is 17.3 Å². The summed E-state index contributed by atoms with van der Waals surface area (Å²) in [6.07, 6.45) is 0.319. The summed E-state index contributed by atoms with van der Waals surface area (Å²) in [6.45, 7) is 0.594. The van der Waals surface area contributed by atoms with Crippen LogP contribution in [0.5, 0.6) is 11.5 Å². The Morgan fingerprint density at radius 2 is 2.10 bits per heavy atom. The average molecular weight is 347 g/mol. The van der Waals surface area contributed by atoms with Crippen molar-refractivity contribution in [3.05, 3.63) is 23.8 Å². The molecule has 0 saturated heterocycles.